The monoisotopic (exact) mass is 388 g/mol. The normalized spacial score (nSPS) is 10.1. The molecule has 0 radical (unpaired) electrons. The zero-order chi connectivity index (χ0) is 20.5. The molecule has 3 rings (SSSR count). The van der Waals surface area contributed by atoms with Gasteiger partial charge in [-0.2, -0.15) is 0 Å². The molecule has 0 spiro atoms. The largest absolute Gasteiger partial charge is 0.350 e. The van der Waals surface area contributed by atoms with Crippen molar-refractivity contribution < 1.29 is 14.4 Å². The zero-order valence-corrected chi connectivity index (χ0v) is 15.6. The second kappa shape index (κ2) is 9.80. The Morgan fingerprint density at radius 1 is 0.655 bits per heavy atom. The fourth-order valence-electron chi connectivity index (χ4n) is 2.55. The van der Waals surface area contributed by atoms with Gasteiger partial charge in [-0.1, -0.05) is 18.2 Å². The minimum Gasteiger partial charge on any atom is -0.350 e. The van der Waals surface area contributed by atoms with Crippen LogP contribution < -0.4 is 16.0 Å². The van der Waals surface area contributed by atoms with E-state index in [4.69, 9.17) is 0 Å². The van der Waals surface area contributed by atoms with Crippen LogP contribution in [-0.4, -0.2) is 35.8 Å². The lowest BCUT2D eigenvalue weighted by molar-refractivity contribution is 0.0927. The second-order valence-electron chi connectivity index (χ2n) is 6.15. The number of carbonyl (C=O) groups is 3. The molecule has 7 nitrogen and oxygen atoms in total. The maximum absolute atomic E-state index is 12.2. The number of benzene rings is 2. The Kier molecular flexibility index (Phi) is 6.67. The Morgan fingerprint density at radius 2 is 1.24 bits per heavy atom. The van der Waals surface area contributed by atoms with E-state index in [9.17, 15) is 14.4 Å². The van der Waals surface area contributed by atoms with Crippen LogP contribution in [0.4, 0.5) is 5.69 Å². The summed E-state index contributed by atoms with van der Waals surface area (Å²) in [4.78, 5) is 40.1. The summed E-state index contributed by atoms with van der Waals surface area (Å²) < 4.78 is 0. The van der Waals surface area contributed by atoms with E-state index in [0.29, 0.717) is 35.5 Å². The van der Waals surface area contributed by atoms with Crippen LogP contribution in [0.25, 0.3) is 0 Å². The molecule has 0 aliphatic rings. The van der Waals surface area contributed by atoms with Crippen molar-refractivity contribution in [3.05, 3.63) is 95.8 Å². The van der Waals surface area contributed by atoms with Crippen molar-refractivity contribution in [3.8, 4) is 0 Å². The van der Waals surface area contributed by atoms with Gasteiger partial charge >= 0.3 is 0 Å². The molecule has 0 atom stereocenters. The van der Waals surface area contributed by atoms with Crippen molar-refractivity contribution in [2.24, 2.45) is 0 Å². The molecule has 146 valence electrons. The Morgan fingerprint density at radius 3 is 1.83 bits per heavy atom. The standard InChI is InChI=1S/C22H20N4O3/c27-20(16-5-2-1-3-6-16)24-13-14-25-21(28)17-8-10-19(11-9-17)26-22(29)18-7-4-12-23-15-18/h1-12,15H,13-14H2,(H,24,27)(H,25,28)(H,26,29). The van der Waals surface area contributed by atoms with E-state index in [2.05, 4.69) is 20.9 Å². The van der Waals surface area contributed by atoms with Crippen LogP contribution in [0.2, 0.25) is 0 Å². The first-order chi connectivity index (χ1) is 14.1. The summed E-state index contributed by atoms with van der Waals surface area (Å²) in [5.41, 5.74) is 2.05. The Bertz CT molecular complexity index is 974. The number of carbonyl (C=O) groups excluding carboxylic acids is 3. The van der Waals surface area contributed by atoms with Crippen LogP contribution in [0.3, 0.4) is 0 Å². The van der Waals surface area contributed by atoms with Gasteiger partial charge < -0.3 is 16.0 Å². The maximum Gasteiger partial charge on any atom is 0.257 e. The first-order valence-corrected chi connectivity index (χ1v) is 9.06. The van der Waals surface area contributed by atoms with Crippen LogP contribution in [-0.2, 0) is 0 Å². The molecule has 0 aliphatic heterocycles. The van der Waals surface area contributed by atoms with Gasteiger partial charge in [0.25, 0.3) is 17.7 Å². The molecule has 3 aromatic rings. The highest BCUT2D eigenvalue weighted by Crippen LogP contribution is 2.11. The van der Waals surface area contributed by atoms with E-state index in [1.54, 1.807) is 66.9 Å². The number of amides is 3. The molecule has 0 aliphatic carbocycles. The van der Waals surface area contributed by atoms with Crippen LogP contribution in [0.1, 0.15) is 31.1 Å². The first kappa shape index (κ1) is 19.8. The lowest BCUT2D eigenvalue weighted by Crippen LogP contribution is -2.34. The smallest absolute Gasteiger partial charge is 0.257 e. The van der Waals surface area contributed by atoms with E-state index in [1.807, 2.05) is 6.07 Å². The van der Waals surface area contributed by atoms with Gasteiger partial charge in [0.1, 0.15) is 0 Å². The molecule has 3 N–H and O–H groups in total. The molecular weight excluding hydrogens is 368 g/mol. The highest BCUT2D eigenvalue weighted by molar-refractivity contribution is 6.04. The van der Waals surface area contributed by atoms with E-state index in [0.717, 1.165) is 0 Å². The van der Waals surface area contributed by atoms with Gasteiger partial charge in [-0.3, -0.25) is 19.4 Å². The number of aromatic nitrogens is 1. The van der Waals surface area contributed by atoms with Gasteiger partial charge in [-0.05, 0) is 48.5 Å². The molecule has 2 aromatic carbocycles. The molecule has 0 fully saturated rings. The first-order valence-electron chi connectivity index (χ1n) is 9.06. The van der Waals surface area contributed by atoms with Crippen LogP contribution >= 0.6 is 0 Å². The van der Waals surface area contributed by atoms with E-state index >= 15 is 0 Å². The molecule has 1 aromatic heterocycles. The van der Waals surface area contributed by atoms with Gasteiger partial charge in [0.2, 0.25) is 0 Å². The van der Waals surface area contributed by atoms with Gasteiger partial charge in [0.15, 0.2) is 0 Å². The molecule has 0 unspecified atom stereocenters. The molecule has 1 heterocycles. The molecule has 7 heteroatoms. The van der Waals surface area contributed by atoms with Gasteiger partial charge in [0, 0.05) is 42.3 Å². The van der Waals surface area contributed by atoms with Crippen molar-refractivity contribution >= 4 is 23.4 Å². The lowest BCUT2D eigenvalue weighted by Gasteiger charge is -2.08. The number of anilines is 1. The molecule has 0 saturated heterocycles. The highest BCUT2D eigenvalue weighted by atomic mass is 16.2. The third-order valence-corrected chi connectivity index (χ3v) is 4.06. The Balaban J connectivity index is 1.44. The predicted molar refractivity (Wildman–Crippen MR) is 110 cm³/mol. The Labute approximate surface area is 168 Å². The minimum atomic E-state index is -0.274. The number of nitrogens with zero attached hydrogens (tertiary/aromatic N) is 1. The van der Waals surface area contributed by atoms with Gasteiger partial charge in [-0.25, -0.2) is 0 Å². The van der Waals surface area contributed by atoms with Crippen LogP contribution in [0.5, 0.6) is 0 Å². The Hall–Kier alpha value is -4.00. The third kappa shape index (κ3) is 5.74. The summed E-state index contributed by atoms with van der Waals surface area (Å²) in [5.74, 6) is -0.720. The maximum atomic E-state index is 12.2. The molecule has 0 saturated carbocycles. The number of hydrogen-bond acceptors (Lipinski definition) is 4. The number of rotatable bonds is 7. The van der Waals surface area contributed by atoms with Crippen molar-refractivity contribution in [3.63, 3.8) is 0 Å². The van der Waals surface area contributed by atoms with Crippen molar-refractivity contribution in [1.29, 1.82) is 0 Å². The van der Waals surface area contributed by atoms with Crippen LogP contribution in [0, 0.1) is 0 Å². The summed E-state index contributed by atoms with van der Waals surface area (Å²) in [6.07, 6.45) is 3.07. The van der Waals surface area contributed by atoms with Crippen LogP contribution in [0.15, 0.2) is 79.1 Å². The SMILES string of the molecule is O=C(NCCNC(=O)c1ccc(NC(=O)c2cccnc2)cc1)c1ccccc1. The molecule has 29 heavy (non-hydrogen) atoms. The number of nitrogens with one attached hydrogen (secondary N) is 3. The summed E-state index contributed by atoms with van der Waals surface area (Å²) in [5, 5.41) is 8.23. The average Bonchev–Trinajstić information content (AvgIpc) is 2.78. The van der Waals surface area contributed by atoms with Crippen molar-refractivity contribution in [2.75, 3.05) is 18.4 Å². The molecule has 0 bridgehead atoms. The summed E-state index contributed by atoms with van der Waals surface area (Å²) in [7, 11) is 0. The van der Waals surface area contributed by atoms with E-state index in [-0.39, 0.29) is 17.7 Å². The van der Waals surface area contributed by atoms with Gasteiger partial charge in [0.05, 0.1) is 5.56 Å². The predicted octanol–water partition coefficient (Wildman–Crippen LogP) is 2.49. The zero-order valence-electron chi connectivity index (χ0n) is 15.6. The third-order valence-electron chi connectivity index (χ3n) is 4.06. The summed E-state index contributed by atoms with van der Waals surface area (Å²) >= 11 is 0. The summed E-state index contributed by atoms with van der Waals surface area (Å²) in [6.45, 7) is 0.621. The fourth-order valence-corrected chi connectivity index (χ4v) is 2.55. The average molecular weight is 388 g/mol. The minimum absolute atomic E-state index is 0.187. The number of pyridine rings is 1. The summed E-state index contributed by atoms with van der Waals surface area (Å²) in [6, 6.07) is 18.8. The second-order valence-corrected chi connectivity index (χ2v) is 6.15. The molecular formula is C22H20N4O3. The fraction of sp³-hybridized carbons (Fsp3) is 0.0909. The van der Waals surface area contributed by atoms with Crippen molar-refractivity contribution in [1.82, 2.24) is 15.6 Å². The molecule has 3 amide bonds. The number of hydrogen-bond donors (Lipinski definition) is 3. The lowest BCUT2D eigenvalue weighted by atomic mass is 10.2. The van der Waals surface area contributed by atoms with Crippen molar-refractivity contribution in [2.45, 2.75) is 0 Å². The topological polar surface area (TPSA) is 100 Å². The van der Waals surface area contributed by atoms with Gasteiger partial charge in [-0.15, -0.1) is 0 Å². The van der Waals surface area contributed by atoms with E-state index < -0.39 is 0 Å². The quantitative estimate of drug-likeness (QED) is 0.542. The van der Waals surface area contributed by atoms with E-state index in [1.165, 1.54) is 6.20 Å². The highest BCUT2D eigenvalue weighted by Gasteiger charge is 2.08.